The lowest BCUT2D eigenvalue weighted by Gasteiger charge is -2.30. The smallest absolute Gasteiger partial charge is 0.254 e. The maximum Gasteiger partial charge on any atom is 0.254 e. The highest BCUT2D eigenvalue weighted by molar-refractivity contribution is 8.03. The number of hydrogen-bond donors (Lipinski definition) is 3. The number of nitrogens with one attached hydrogen (secondary N) is 3. The summed E-state index contributed by atoms with van der Waals surface area (Å²) in [7, 11) is 2.95. The number of rotatable bonds is 9. The normalized spacial score (nSPS) is 14.6. The van der Waals surface area contributed by atoms with Crippen LogP contribution >= 0.6 is 35.0 Å². The summed E-state index contributed by atoms with van der Waals surface area (Å²) in [5, 5.41) is 20.5. The van der Waals surface area contributed by atoms with Crippen molar-refractivity contribution in [3.05, 3.63) is 104 Å². The Morgan fingerprint density at radius 2 is 1.68 bits per heavy atom. The van der Waals surface area contributed by atoms with Crippen molar-refractivity contribution in [2.75, 3.05) is 30.6 Å². The number of amides is 2. The maximum atomic E-state index is 13.5. The quantitative estimate of drug-likeness (QED) is 0.247. The van der Waals surface area contributed by atoms with Gasteiger partial charge in [0.1, 0.15) is 11.5 Å². The highest BCUT2D eigenvalue weighted by atomic mass is 35.5. The van der Waals surface area contributed by atoms with Gasteiger partial charge in [-0.15, -0.1) is 0 Å². The lowest BCUT2D eigenvalue weighted by atomic mass is 9.82. The van der Waals surface area contributed by atoms with Crippen molar-refractivity contribution in [3.8, 4) is 17.6 Å². The van der Waals surface area contributed by atoms with E-state index in [1.165, 1.54) is 14.2 Å². The minimum Gasteiger partial charge on any atom is -0.495 e. The molecule has 0 radical (unpaired) electrons. The molecule has 0 spiro atoms. The number of thioether (sulfide) groups is 1. The van der Waals surface area contributed by atoms with Crippen molar-refractivity contribution < 1.29 is 19.1 Å². The first-order valence-electron chi connectivity index (χ1n) is 12.3. The molecular formula is C30H26Cl2N4O4S. The van der Waals surface area contributed by atoms with Crippen molar-refractivity contribution in [1.82, 2.24) is 5.32 Å². The van der Waals surface area contributed by atoms with Gasteiger partial charge in [0.15, 0.2) is 0 Å². The fraction of sp³-hybridized carbons (Fsp3) is 0.167. The minimum atomic E-state index is -0.652. The van der Waals surface area contributed by atoms with Crippen LogP contribution < -0.4 is 25.4 Å². The van der Waals surface area contributed by atoms with Gasteiger partial charge < -0.3 is 25.4 Å². The second-order valence-corrected chi connectivity index (χ2v) is 10.7. The molecule has 3 N–H and O–H groups in total. The Morgan fingerprint density at radius 1 is 1.00 bits per heavy atom. The Labute approximate surface area is 252 Å². The number of hydrogen-bond acceptors (Lipinski definition) is 7. The predicted molar refractivity (Wildman–Crippen MR) is 163 cm³/mol. The third-order valence-electron chi connectivity index (χ3n) is 6.22. The van der Waals surface area contributed by atoms with Crippen LogP contribution in [0.2, 0.25) is 10.0 Å². The molecule has 0 fully saturated rings. The van der Waals surface area contributed by atoms with Crippen LogP contribution in [0, 0.1) is 11.3 Å². The summed E-state index contributed by atoms with van der Waals surface area (Å²) in [6.07, 6.45) is 0. The van der Waals surface area contributed by atoms with Gasteiger partial charge in [0.25, 0.3) is 5.91 Å². The van der Waals surface area contributed by atoms with Gasteiger partial charge in [-0.25, -0.2) is 0 Å². The number of nitriles is 1. The minimum absolute atomic E-state index is 0.0251. The third kappa shape index (κ3) is 6.98. The van der Waals surface area contributed by atoms with Crippen molar-refractivity contribution in [1.29, 1.82) is 5.26 Å². The number of halogens is 2. The molecule has 210 valence electrons. The molecule has 0 saturated carbocycles. The Balaban J connectivity index is 1.60. The molecule has 3 aromatic carbocycles. The van der Waals surface area contributed by atoms with Gasteiger partial charge in [-0.05, 0) is 36.8 Å². The van der Waals surface area contributed by atoms with Gasteiger partial charge in [-0.3, -0.25) is 9.59 Å². The van der Waals surface area contributed by atoms with Crippen LogP contribution in [0.3, 0.4) is 0 Å². The van der Waals surface area contributed by atoms with E-state index in [0.717, 1.165) is 17.3 Å². The molecule has 0 aromatic heterocycles. The molecule has 8 nitrogen and oxygen atoms in total. The van der Waals surface area contributed by atoms with Crippen LogP contribution in [0.15, 0.2) is 88.6 Å². The zero-order valence-corrected chi connectivity index (χ0v) is 24.7. The number of allylic oxidation sites excluding steroid dienone is 2. The molecule has 0 bridgehead atoms. The summed E-state index contributed by atoms with van der Waals surface area (Å²) < 4.78 is 10.6. The number of ether oxygens (including phenoxy) is 2. The highest BCUT2D eigenvalue weighted by Crippen LogP contribution is 2.41. The molecule has 0 aliphatic carbocycles. The summed E-state index contributed by atoms with van der Waals surface area (Å²) >= 11 is 13.3. The second kappa shape index (κ2) is 13.5. The largest absolute Gasteiger partial charge is 0.495 e. The van der Waals surface area contributed by atoms with E-state index in [9.17, 15) is 14.9 Å². The first-order chi connectivity index (χ1) is 19.7. The van der Waals surface area contributed by atoms with E-state index < -0.39 is 5.92 Å². The summed E-state index contributed by atoms with van der Waals surface area (Å²) in [6.45, 7) is 1.77. The Hall–Kier alpha value is -4.10. The maximum absolute atomic E-state index is 13.5. The number of methoxy groups -OCH3 is 2. The van der Waals surface area contributed by atoms with E-state index in [2.05, 4.69) is 22.0 Å². The number of carbonyl (C=O) groups excluding carboxylic acids is 2. The van der Waals surface area contributed by atoms with Gasteiger partial charge in [-0.2, -0.15) is 5.26 Å². The monoisotopic (exact) mass is 608 g/mol. The number of carbonyl (C=O) groups is 2. The average Bonchev–Trinajstić information content (AvgIpc) is 2.97. The zero-order valence-electron chi connectivity index (χ0n) is 22.4. The SMILES string of the molecule is COc1cc(NC(=O)CSC2=C(C#N)C(c3ccccc3)C(C(=O)Nc3ccc(Cl)cc3)=C(C)N2)c(OC)cc1Cl. The van der Waals surface area contributed by atoms with Crippen molar-refractivity contribution >= 4 is 58.2 Å². The molecule has 1 aliphatic heterocycles. The topological polar surface area (TPSA) is 112 Å². The van der Waals surface area contributed by atoms with E-state index in [0.29, 0.717) is 54.8 Å². The molecule has 1 atom stereocenters. The third-order valence-corrected chi connectivity index (χ3v) is 7.79. The predicted octanol–water partition coefficient (Wildman–Crippen LogP) is 6.72. The molecular weight excluding hydrogens is 583 g/mol. The molecule has 41 heavy (non-hydrogen) atoms. The second-order valence-electron chi connectivity index (χ2n) is 8.85. The van der Waals surface area contributed by atoms with E-state index in [1.54, 1.807) is 43.3 Å². The fourth-order valence-electron chi connectivity index (χ4n) is 4.32. The number of dihydropyridines is 1. The van der Waals surface area contributed by atoms with Gasteiger partial charge in [0, 0.05) is 34.1 Å². The van der Waals surface area contributed by atoms with Gasteiger partial charge in [0.05, 0.1) is 53.3 Å². The van der Waals surface area contributed by atoms with Gasteiger partial charge in [0.2, 0.25) is 5.91 Å². The summed E-state index contributed by atoms with van der Waals surface area (Å²) in [4.78, 5) is 26.5. The summed E-state index contributed by atoms with van der Waals surface area (Å²) in [6, 6.07) is 21.5. The van der Waals surface area contributed by atoms with Crippen LogP contribution in [0.1, 0.15) is 18.4 Å². The van der Waals surface area contributed by atoms with E-state index >= 15 is 0 Å². The van der Waals surface area contributed by atoms with Crippen LogP contribution in [-0.2, 0) is 9.59 Å². The zero-order chi connectivity index (χ0) is 29.5. The molecule has 4 rings (SSSR count). The highest BCUT2D eigenvalue weighted by Gasteiger charge is 2.35. The number of benzene rings is 3. The fourth-order valence-corrected chi connectivity index (χ4v) is 5.57. The molecule has 3 aromatic rings. The van der Waals surface area contributed by atoms with E-state index in [1.807, 2.05) is 30.3 Å². The Morgan fingerprint density at radius 3 is 2.32 bits per heavy atom. The number of nitrogens with zero attached hydrogens (tertiary/aromatic N) is 1. The first-order valence-corrected chi connectivity index (χ1v) is 14.1. The molecule has 1 aliphatic rings. The van der Waals surface area contributed by atoms with Crippen LogP contribution in [0.25, 0.3) is 0 Å². The molecule has 1 heterocycles. The van der Waals surface area contributed by atoms with Crippen LogP contribution in [0.5, 0.6) is 11.5 Å². The van der Waals surface area contributed by atoms with Crippen molar-refractivity contribution in [3.63, 3.8) is 0 Å². The van der Waals surface area contributed by atoms with Crippen LogP contribution in [-0.4, -0.2) is 31.8 Å². The lowest BCUT2D eigenvalue weighted by molar-refractivity contribution is -0.114. The average molecular weight is 610 g/mol. The Kier molecular flexibility index (Phi) is 9.84. The van der Waals surface area contributed by atoms with Gasteiger partial charge >= 0.3 is 0 Å². The summed E-state index contributed by atoms with van der Waals surface area (Å²) in [5.41, 5.74) is 3.02. The molecule has 1 unspecified atom stereocenters. The Bertz CT molecular complexity index is 1570. The summed E-state index contributed by atoms with van der Waals surface area (Å²) in [5.74, 6) is -0.613. The molecule has 11 heteroatoms. The standard InChI is InChI=1S/C30H26Cl2N4O4S/c1-17-27(29(38)35-20-11-9-19(31)10-12-20)28(18-7-5-4-6-8-18)21(15-33)30(34-17)41-16-26(37)36-23-14-24(39-2)22(32)13-25(23)40-3/h4-14,28,34H,16H2,1-3H3,(H,35,38)(H,36,37). The van der Waals surface area contributed by atoms with Crippen molar-refractivity contribution in [2.24, 2.45) is 0 Å². The van der Waals surface area contributed by atoms with E-state index in [-0.39, 0.29) is 17.6 Å². The number of anilines is 2. The van der Waals surface area contributed by atoms with E-state index in [4.69, 9.17) is 32.7 Å². The lowest BCUT2D eigenvalue weighted by Crippen LogP contribution is -2.31. The molecule has 0 saturated heterocycles. The first kappa shape index (κ1) is 29.9. The molecule has 2 amide bonds. The van der Waals surface area contributed by atoms with Crippen molar-refractivity contribution in [2.45, 2.75) is 12.8 Å². The van der Waals surface area contributed by atoms with Gasteiger partial charge in [-0.1, -0.05) is 65.3 Å². The van der Waals surface area contributed by atoms with Crippen LogP contribution in [0.4, 0.5) is 11.4 Å².